The van der Waals surface area contributed by atoms with Crippen LogP contribution < -0.4 is 5.32 Å². The van der Waals surface area contributed by atoms with Crippen molar-refractivity contribution in [1.82, 2.24) is 10.2 Å². The van der Waals surface area contributed by atoms with Gasteiger partial charge in [0.2, 0.25) is 0 Å². The third-order valence-corrected chi connectivity index (χ3v) is 5.20. The summed E-state index contributed by atoms with van der Waals surface area (Å²) in [6.07, 6.45) is 4.89. The highest BCUT2D eigenvalue weighted by atomic mass is 35.5. The number of piperidine rings is 1. The van der Waals surface area contributed by atoms with Gasteiger partial charge in [-0.1, -0.05) is 18.0 Å². The summed E-state index contributed by atoms with van der Waals surface area (Å²) in [5, 5.41) is 3.18. The first-order valence-electron chi connectivity index (χ1n) is 6.54. The van der Waals surface area contributed by atoms with Crippen LogP contribution in [0.3, 0.4) is 0 Å². The van der Waals surface area contributed by atoms with E-state index in [-0.39, 0.29) is 5.91 Å². The summed E-state index contributed by atoms with van der Waals surface area (Å²) in [5.74, 6) is 0.0318. The molecule has 2 aliphatic rings. The van der Waals surface area contributed by atoms with Gasteiger partial charge in [0.25, 0.3) is 5.91 Å². The second-order valence-electron chi connectivity index (χ2n) is 5.07. The van der Waals surface area contributed by atoms with Crippen molar-refractivity contribution in [3.8, 4) is 0 Å². The zero-order chi connectivity index (χ0) is 12.5. The third-order valence-electron chi connectivity index (χ3n) is 3.97. The minimum atomic E-state index is 0.0318. The molecule has 2 saturated heterocycles. The number of nitrogens with zero attached hydrogens (tertiary/aromatic N) is 1. The Morgan fingerprint density at radius 2 is 2.22 bits per heavy atom. The van der Waals surface area contributed by atoms with Gasteiger partial charge in [-0.25, -0.2) is 0 Å². The first-order chi connectivity index (χ1) is 8.74. The topological polar surface area (TPSA) is 32.3 Å². The molecule has 2 aliphatic heterocycles. The lowest BCUT2D eigenvalue weighted by molar-refractivity contribution is 0.0919. The number of thiophene rings is 1. The monoisotopic (exact) mass is 284 g/mol. The van der Waals surface area contributed by atoms with E-state index in [1.165, 1.54) is 37.1 Å². The molecule has 3 rings (SSSR count). The highest BCUT2D eigenvalue weighted by Gasteiger charge is 2.36. The van der Waals surface area contributed by atoms with E-state index < -0.39 is 0 Å². The van der Waals surface area contributed by atoms with Crippen molar-refractivity contribution < 1.29 is 4.79 Å². The lowest BCUT2D eigenvalue weighted by Crippen LogP contribution is -2.46. The van der Waals surface area contributed by atoms with E-state index >= 15 is 0 Å². The van der Waals surface area contributed by atoms with Crippen LogP contribution in [0.1, 0.15) is 35.4 Å². The Labute approximate surface area is 116 Å². The molecule has 5 heteroatoms. The highest BCUT2D eigenvalue weighted by Crippen LogP contribution is 2.28. The van der Waals surface area contributed by atoms with Gasteiger partial charge in [-0.05, 0) is 37.9 Å². The van der Waals surface area contributed by atoms with Gasteiger partial charge in [0.15, 0.2) is 0 Å². The van der Waals surface area contributed by atoms with Crippen LogP contribution in [0, 0.1) is 0 Å². The molecule has 98 valence electrons. The SMILES string of the molecule is O=C(N[C@@H]1CCN2CCCC[C@H]12)c1ccc(Cl)s1. The second-order valence-corrected chi connectivity index (χ2v) is 6.79. The molecule has 0 unspecified atom stereocenters. The fourth-order valence-electron chi connectivity index (χ4n) is 3.09. The summed E-state index contributed by atoms with van der Waals surface area (Å²) in [6, 6.07) is 4.45. The molecule has 0 bridgehead atoms. The Hall–Kier alpha value is -0.580. The third kappa shape index (κ3) is 2.42. The van der Waals surface area contributed by atoms with E-state index in [0.29, 0.717) is 21.3 Å². The Bertz CT molecular complexity index is 448. The molecular weight excluding hydrogens is 268 g/mol. The molecule has 3 nitrogen and oxygen atoms in total. The minimum absolute atomic E-state index is 0.0318. The molecule has 1 N–H and O–H groups in total. The average Bonchev–Trinajstić information content (AvgIpc) is 2.97. The average molecular weight is 285 g/mol. The van der Waals surface area contributed by atoms with E-state index in [2.05, 4.69) is 10.2 Å². The van der Waals surface area contributed by atoms with E-state index in [1.807, 2.05) is 0 Å². The van der Waals surface area contributed by atoms with Gasteiger partial charge in [-0.3, -0.25) is 9.69 Å². The summed E-state index contributed by atoms with van der Waals surface area (Å²) >= 11 is 7.21. The molecule has 0 radical (unpaired) electrons. The molecule has 0 aromatic carbocycles. The van der Waals surface area contributed by atoms with Crippen molar-refractivity contribution in [2.24, 2.45) is 0 Å². The lowest BCUT2D eigenvalue weighted by atomic mass is 9.99. The van der Waals surface area contributed by atoms with Gasteiger partial charge < -0.3 is 5.32 Å². The molecule has 2 atom stereocenters. The Kier molecular flexibility index (Phi) is 3.59. The summed E-state index contributed by atoms with van der Waals surface area (Å²) < 4.78 is 0.672. The number of carbonyl (C=O) groups excluding carboxylic acids is 1. The summed E-state index contributed by atoms with van der Waals surface area (Å²) in [4.78, 5) is 15.4. The van der Waals surface area contributed by atoms with E-state index in [0.717, 1.165) is 13.0 Å². The molecule has 1 amide bonds. The lowest BCUT2D eigenvalue weighted by Gasteiger charge is -2.32. The summed E-state index contributed by atoms with van der Waals surface area (Å²) in [7, 11) is 0. The minimum Gasteiger partial charge on any atom is -0.347 e. The fraction of sp³-hybridized carbons (Fsp3) is 0.615. The predicted molar refractivity (Wildman–Crippen MR) is 74.4 cm³/mol. The van der Waals surface area contributed by atoms with Gasteiger partial charge >= 0.3 is 0 Å². The molecule has 1 aromatic heterocycles. The smallest absolute Gasteiger partial charge is 0.261 e. The molecule has 0 saturated carbocycles. The van der Waals surface area contributed by atoms with Crippen LogP contribution in [-0.4, -0.2) is 36.0 Å². The van der Waals surface area contributed by atoms with Crippen LogP contribution in [0.5, 0.6) is 0 Å². The number of halogens is 1. The molecule has 0 aliphatic carbocycles. The first kappa shape index (κ1) is 12.5. The predicted octanol–water partition coefficient (Wildman–Crippen LogP) is 2.76. The maximum Gasteiger partial charge on any atom is 0.261 e. The number of amides is 1. The number of hydrogen-bond donors (Lipinski definition) is 1. The molecular formula is C13H17ClN2OS. The van der Waals surface area contributed by atoms with Crippen LogP contribution in [-0.2, 0) is 0 Å². The zero-order valence-electron chi connectivity index (χ0n) is 10.2. The van der Waals surface area contributed by atoms with Gasteiger partial charge in [0.05, 0.1) is 9.21 Å². The van der Waals surface area contributed by atoms with Crippen LogP contribution in [0.2, 0.25) is 4.34 Å². The van der Waals surface area contributed by atoms with Crippen molar-refractivity contribution in [3.05, 3.63) is 21.3 Å². The summed E-state index contributed by atoms with van der Waals surface area (Å²) in [6.45, 7) is 2.32. The highest BCUT2D eigenvalue weighted by molar-refractivity contribution is 7.17. The van der Waals surface area contributed by atoms with E-state index in [9.17, 15) is 4.79 Å². The maximum absolute atomic E-state index is 12.1. The second kappa shape index (κ2) is 5.19. The Morgan fingerprint density at radius 1 is 1.33 bits per heavy atom. The summed E-state index contributed by atoms with van der Waals surface area (Å²) in [5.41, 5.74) is 0. The quantitative estimate of drug-likeness (QED) is 0.906. The molecule has 2 fully saturated rings. The fourth-order valence-corrected chi connectivity index (χ4v) is 4.04. The first-order valence-corrected chi connectivity index (χ1v) is 7.74. The van der Waals surface area contributed by atoms with Crippen molar-refractivity contribution in [2.75, 3.05) is 13.1 Å². The van der Waals surface area contributed by atoms with Crippen LogP contribution >= 0.6 is 22.9 Å². The molecule has 1 aromatic rings. The zero-order valence-corrected chi connectivity index (χ0v) is 11.8. The Balaban J connectivity index is 1.64. The molecule has 3 heterocycles. The normalized spacial score (nSPS) is 28.1. The standard InChI is InChI=1S/C13H17ClN2OS/c14-12-5-4-11(18-12)13(17)15-9-6-8-16-7-2-1-3-10(9)16/h4-5,9-10H,1-3,6-8H2,(H,15,17)/t9-,10-/m1/s1. The number of fused-ring (bicyclic) bond motifs is 1. The van der Waals surface area contributed by atoms with Crippen LogP contribution in [0.25, 0.3) is 0 Å². The number of rotatable bonds is 2. The van der Waals surface area contributed by atoms with E-state index in [4.69, 9.17) is 11.6 Å². The van der Waals surface area contributed by atoms with Crippen molar-refractivity contribution in [3.63, 3.8) is 0 Å². The van der Waals surface area contributed by atoms with Gasteiger partial charge in [0, 0.05) is 18.6 Å². The van der Waals surface area contributed by atoms with Crippen molar-refractivity contribution >= 4 is 28.8 Å². The van der Waals surface area contributed by atoms with Crippen LogP contribution in [0.4, 0.5) is 0 Å². The largest absolute Gasteiger partial charge is 0.347 e. The molecule has 18 heavy (non-hydrogen) atoms. The number of hydrogen-bond acceptors (Lipinski definition) is 3. The maximum atomic E-state index is 12.1. The van der Waals surface area contributed by atoms with Gasteiger partial charge in [-0.2, -0.15) is 0 Å². The van der Waals surface area contributed by atoms with E-state index in [1.54, 1.807) is 12.1 Å². The van der Waals surface area contributed by atoms with Gasteiger partial charge in [0.1, 0.15) is 0 Å². The van der Waals surface area contributed by atoms with Crippen LogP contribution in [0.15, 0.2) is 12.1 Å². The molecule has 0 spiro atoms. The van der Waals surface area contributed by atoms with Gasteiger partial charge in [-0.15, -0.1) is 11.3 Å². The van der Waals surface area contributed by atoms with Crippen molar-refractivity contribution in [2.45, 2.75) is 37.8 Å². The Morgan fingerprint density at radius 3 is 3.00 bits per heavy atom. The number of nitrogens with one attached hydrogen (secondary N) is 1. The number of carbonyl (C=O) groups is 1. The van der Waals surface area contributed by atoms with Crippen molar-refractivity contribution in [1.29, 1.82) is 0 Å².